The van der Waals surface area contributed by atoms with E-state index in [0.29, 0.717) is 23.5 Å². The summed E-state index contributed by atoms with van der Waals surface area (Å²) in [6.45, 7) is 0.251. The summed E-state index contributed by atoms with van der Waals surface area (Å²) in [5.74, 6) is -5.18. The summed E-state index contributed by atoms with van der Waals surface area (Å²) in [5.41, 5.74) is 0.723. The van der Waals surface area contributed by atoms with Crippen LogP contribution in [0.5, 0.6) is 0 Å². The van der Waals surface area contributed by atoms with Gasteiger partial charge in [-0.05, 0) is 25.3 Å². The van der Waals surface area contributed by atoms with E-state index in [2.05, 4.69) is 15.6 Å². The predicted molar refractivity (Wildman–Crippen MR) is 118 cm³/mol. The van der Waals surface area contributed by atoms with Crippen LogP contribution in [0.25, 0.3) is 10.2 Å². The van der Waals surface area contributed by atoms with Crippen molar-refractivity contribution in [3.63, 3.8) is 0 Å². The Morgan fingerprint density at radius 3 is 2.94 bits per heavy atom. The molecule has 33 heavy (non-hydrogen) atoms. The van der Waals surface area contributed by atoms with E-state index in [1.165, 1.54) is 11.3 Å². The zero-order valence-corrected chi connectivity index (χ0v) is 19.1. The number of fused-ring (bicyclic) bond motifs is 1. The van der Waals surface area contributed by atoms with Crippen molar-refractivity contribution in [2.75, 3.05) is 13.1 Å². The van der Waals surface area contributed by atoms with Crippen LogP contribution in [-0.2, 0) is 9.59 Å². The van der Waals surface area contributed by atoms with Gasteiger partial charge in [-0.2, -0.15) is 5.26 Å². The number of thiophene rings is 1. The van der Waals surface area contributed by atoms with Crippen molar-refractivity contribution in [2.24, 2.45) is 5.92 Å². The van der Waals surface area contributed by atoms with E-state index in [1.54, 1.807) is 11.4 Å². The number of carbonyl (C=O) groups excluding carboxylic acids is 3. The van der Waals surface area contributed by atoms with E-state index >= 15 is 0 Å². The minimum atomic E-state index is -3.12. The average molecular weight is 498 g/mol. The number of nitrogens with one attached hydrogen (secondary N) is 3. The van der Waals surface area contributed by atoms with Gasteiger partial charge in [0.05, 0.1) is 21.3 Å². The number of rotatable bonds is 5. The maximum atomic E-state index is 14.2. The molecule has 0 aromatic carbocycles. The lowest BCUT2D eigenvalue weighted by Gasteiger charge is -2.38. The lowest BCUT2D eigenvalue weighted by molar-refractivity contribution is -0.135. The summed E-state index contributed by atoms with van der Waals surface area (Å²) < 4.78 is 29.2. The van der Waals surface area contributed by atoms with E-state index in [-0.39, 0.29) is 24.6 Å². The number of nitriles is 1. The quantitative estimate of drug-likeness (QED) is 0.588. The lowest BCUT2D eigenvalue weighted by Crippen LogP contribution is -2.57. The second-order valence-corrected chi connectivity index (χ2v) is 9.70. The van der Waals surface area contributed by atoms with Crippen molar-refractivity contribution < 1.29 is 23.2 Å². The number of alkyl halides is 2. The van der Waals surface area contributed by atoms with Crippen LogP contribution >= 0.6 is 22.9 Å². The van der Waals surface area contributed by atoms with Crippen molar-refractivity contribution in [2.45, 2.75) is 50.1 Å². The molecule has 4 rings (SSSR count). The molecule has 0 spiro atoms. The topological polar surface area (TPSA) is 118 Å². The van der Waals surface area contributed by atoms with Gasteiger partial charge in [0, 0.05) is 37.2 Å². The zero-order chi connectivity index (χ0) is 23.8. The van der Waals surface area contributed by atoms with E-state index in [4.69, 9.17) is 11.6 Å². The molecule has 0 unspecified atom stereocenters. The van der Waals surface area contributed by atoms with Gasteiger partial charge in [-0.3, -0.25) is 14.4 Å². The van der Waals surface area contributed by atoms with Gasteiger partial charge in [-0.15, -0.1) is 11.3 Å². The van der Waals surface area contributed by atoms with Crippen LogP contribution in [0.15, 0.2) is 11.4 Å². The summed E-state index contributed by atoms with van der Waals surface area (Å²) in [5, 5.41) is 16.8. The zero-order valence-electron chi connectivity index (χ0n) is 17.5. The Hall–Kier alpha value is -2.71. The minimum Gasteiger partial charge on any atom is -0.356 e. The van der Waals surface area contributed by atoms with E-state index < -0.39 is 48.6 Å². The molecule has 12 heteroatoms. The number of carbonyl (C=O) groups is 3. The SMILES string of the molecule is N#C[C@H](C[C@@H]1CCCNC1=O)NC(=O)[C@@H]1CC(F)(F)CCN1C(=O)c1cc2scc(Cl)c2[nH]1. The third-order valence-corrected chi connectivity index (χ3v) is 7.44. The summed E-state index contributed by atoms with van der Waals surface area (Å²) in [6.07, 6.45) is 0.0109. The molecule has 0 bridgehead atoms. The first-order valence-electron chi connectivity index (χ1n) is 10.6. The number of nitrogens with zero attached hydrogens (tertiary/aromatic N) is 2. The number of piperidine rings is 2. The largest absolute Gasteiger partial charge is 0.356 e. The van der Waals surface area contributed by atoms with Crippen LogP contribution in [0, 0.1) is 17.2 Å². The fraction of sp³-hybridized carbons (Fsp3) is 0.524. The van der Waals surface area contributed by atoms with Gasteiger partial charge < -0.3 is 20.5 Å². The van der Waals surface area contributed by atoms with E-state index in [0.717, 1.165) is 16.0 Å². The van der Waals surface area contributed by atoms with Crippen molar-refractivity contribution in [1.29, 1.82) is 5.26 Å². The minimum absolute atomic E-state index is 0.0799. The van der Waals surface area contributed by atoms with Gasteiger partial charge >= 0.3 is 0 Å². The number of aromatic nitrogens is 1. The Bertz CT molecular complexity index is 1130. The summed E-state index contributed by atoms with van der Waals surface area (Å²) in [4.78, 5) is 42.1. The molecule has 176 valence electrons. The molecule has 2 aliphatic rings. The molecule has 2 saturated heterocycles. The average Bonchev–Trinajstić information content (AvgIpc) is 3.35. The van der Waals surface area contributed by atoms with E-state index in [1.807, 2.05) is 6.07 Å². The molecule has 0 radical (unpaired) electrons. The lowest BCUT2D eigenvalue weighted by atomic mass is 9.91. The van der Waals surface area contributed by atoms with Crippen LogP contribution in [-0.4, -0.2) is 58.7 Å². The van der Waals surface area contributed by atoms with Crippen molar-refractivity contribution in [3.05, 3.63) is 22.2 Å². The monoisotopic (exact) mass is 497 g/mol. The Morgan fingerprint density at radius 1 is 1.45 bits per heavy atom. The molecule has 8 nitrogen and oxygen atoms in total. The second kappa shape index (κ2) is 9.27. The van der Waals surface area contributed by atoms with Crippen LogP contribution in [0.3, 0.4) is 0 Å². The first-order chi connectivity index (χ1) is 15.7. The third-order valence-electron chi connectivity index (χ3n) is 6.08. The molecule has 0 saturated carbocycles. The molecule has 3 atom stereocenters. The Morgan fingerprint density at radius 2 is 2.24 bits per heavy atom. The van der Waals surface area contributed by atoms with E-state index in [9.17, 15) is 28.4 Å². The highest BCUT2D eigenvalue weighted by Gasteiger charge is 2.46. The number of hydrogen-bond donors (Lipinski definition) is 3. The van der Waals surface area contributed by atoms with Crippen molar-refractivity contribution in [1.82, 2.24) is 20.5 Å². The number of aromatic amines is 1. The number of amides is 3. The van der Waals surface area contributed by atoms with Crippen LogP contribution in [0.2, 0.25) is 5.02 Å². The molecule has 2 aromatic heterocycles. The summed E-state index contributed by atoms with van der Waals surface area (Å²) in [7, 11) is 0. The highest BCUT2D eigenvalue weighted by Crippen LogP contribution is 2.34. The van der Waals surface area contributed by atoms with Gasteiger partial charge in [0.2, 0.25) is 11.8 Å². The van der Waals surface area contributed by atoms with Gasteiger partial charge in [0.25, 0.3) is 11.8 Å². The van der Waals surface area contributed by atoms with Crippen LogP contribution in [0.4, 0.5) is 8.78 Å². The van der Waals surface area contributed by atoms with Crippen molar-refractivity contribution in [3.8, 4) is 6.07 Å². The highest BCUT2D eigenvalue weighted by atomic mass is 35.5. The van der Waals surface area contributed by atoms with Crippen LogP contribution < -0.4 is 10.6 Å². The molecule has 3 amide bonds. The molecule has 2 aromatic rings. The fourth-order valence-electron chi connectivity index (χ4n) is 4.32. The maximum Gasteiger partial charge on any atom is 0.271 e. The summed E-state index contributed by atoms with van der Waals surface area (Å²) >= 11 is 7.42. The Kier molecular flexibility index (Phi) is 6.59. The fourth-order valence-corrected chi connectivity index (χ4v) is 5.47. The molecule has 2 aliphatic heterocycles. The third kappa shape index (κ3) is 4.96. The molecule has 2 fully saturated rings. The summed E-state index contributed by atoms with van der Waals surface area (Å²) in [6, 6.07) is 1.03. The molecule has 0 aliphatic carbocycles. The first-order valence-corrected chi connectivity index (χ1v) is 11.9. The second-order valence-electron chi connectivity index (χ2n) is 8.39. The predicted octanol–water partition coefficient (Wildman–Crippen LogP) is 3.05. The number of likely N-dealkylation sites (tertiary alicyclic amines) is 1. The standard InChI is InChI=1S/C21H22ClF2N5O3S/c22-13-10-33-16-7-14(28-17(13)16)20(32)29-5-3-21(23,24)8-15(29)19(31)27-12(9-25)6-11-2-1-4-26-18(11)30/h7,10-12,15,28H,1-6,8H2,(H,26,30)(H,27,31)/t11-,12-,15-/m0/s1. The molecule has 3 N–H and O–H groups in total. The van der Waals surface area contributed by atoms with Gasteiger partial charge in [-0.1, -0.05) is 11.6 Å². The Balaban J connectivity index is 1.51. The number of halogens is 3. The van der Waals surface area contributed by atoms with Crippen LogP contribution in [0.1, 0.15) is 42.6 Å². The van der Waals surface area contributed by atoms with Gasteiger partial charge in [0.15, 0.2) is 0 Å². The molecule has 4 heterocycles. The normalized spacial score (nSPS) is 23.6. The number of hydrogen-bond acceptors (Lipinski definition) is 5. The molecular formula is C21H22ClF2N5O3S. The van der Waals surface area contributed by atoms with Gasteiger partial charge in [0.1, 0.15) is 17.8 Å². The maximum absolute atomic E-state index is 14.2. The van der Waals surface area contributed by atoms with Gasteiger partial charge in [-0.25, -0.2) is 8.78 Å². The number of H-pyrrole nitrogens is 1. The first kappa shape index (κ1) is 23.4. The highest BCUT2D eigenvalue weighted by molar-refractivity contribution is 7.17. The van der Waals surface area contributed by atoms with Crippen molar-refractivity contribution >= 4 is 50.9 Å². The Labute approximate surface area is 197 Å². The molecular weight excluding hydrogens is 476 g/mol. The smallest absolute Gasteiger partial charge is 0.271 e.